The Labute approximate surface area is 711 Å². The van der Waals surface area contributed by atoms with E-state index in [0.29, 0.717) is 34.9 Å². The van der Waals surface area contributed by atoms with E-state index in [0.717, 1.165) is 99.6 Å². The summed E-state index contributed by atoms with van der Waals surface area (Å²) in [6, 6.07) is 127. The molecule has 2 aliphatic rings. The standard InChI is InChI=1S/C39H23NOS.C36H25N3O.C36H25N3S/c1-2-9-24(10-3-1)29-15-7-17-31-32-19-20-34-35(38(32)41-37(29)31)33-18-8-16-30(39(33)42-34)26-12-6-13-27(23-26)36-28-14-5-4-11-25(28)21-22-40-36;1-36(2)28-20-19-26-25-15-9-10-16-30(25)40-32(26)31(28)27-18-17-24(21-29(27)36)35-38-33(22-11-5-3-6-12-22)37-34(39-35)23-13-7-4-8-14-23;1-36(2)29-19-10-9-16-24(29)25-20-21-27-26-17-11-18-28(31(26)40-32(27)30(25)36)35-38-33(22-12-5-3-6-13-22)37-34(39-35)23-14-7-4-8-15-23/h1-23H;2*3-21H,1-2H3. The molecule has 0 radical (unpaired) electrons. The van der Waals surface area contributed by atoms with Crippen molar-refractivity contribution in [2.75, 3.05) is 0 Å². The molecular weight excluding hydrogens is 1530 g/mol. The van der Waals surface area contributed by atoms with Gasteiger partial charge in [0, 0.05) is 134 Å². The zero-order valence-corrected chi connectivity index (χ0v) is 68.6. The lowest BCUT2D eigenvalue weighted by Gasteiger charge is -2.22. The molecule has 0 unspecified atom stereocenters. The lowest BCUT2D eigenvalue weighted by Crippen LogP contribution is -2.15. The van der Waals surface area contributed by atoms with Gasteiger partial charge in [-0.15, -0.1) is 22.7 Å². The van der Waals surface area contributed by atoms with Gasteiger partial charge in [-0.3, -0.25) is 4.98 Å². The van der Waals surface area contributed by atoms with Crippen molar-refractivity contribution in [3.8, 4) is 124 Å². The zero-order chi connectivity index (χ0) is 81.3. The number of hydrogen-bond donors (Lipinski definition) is 0. The second kappa shape index (κ2) is 28.9. The average molecular weight is 1600 g/mol. The molecule has 2 aliphatic carbocycles. The Kier molecular flexibility index (Phi) is 17.1. The topological polar surface area (TPSA) is 117 Å². The van der Waals surface area contributed by atoms with Gasteiger partial charge in [0.1, 0.15) is 22.3 Å². The van der Waals surface area contributed by atoms with Crippen LogP contribution in [0.5, 0.6) is 0 Å². The van der Waals surface area contributed by atoms with Crippen molar-refractivity contribution in [2.45, 2.75) is 38.5 Å². The van der Waals surface area contributed by atoms with Gasteiger partial charge in [0.05, 0.1) is 5.69 Å². The molecule has 16 aromatic carbocycles. The van der Waals surface area contributed by atoms with Crippen LogP contribution >= 0.6 is 22.7 Å². The number of benzene rings is 16. The van der Waals surface area contributed by atoms with E-state index in [9.17, 15) is 0 Å². The Balaban J connectivity index is 0.000000106. The number of rotatable bonds is 9. The van der Waals surface area contributed by atoms with Crippen LogP contribution in [-0.4, -0.2) is 34.9 Å². The number of pyridine rings is 1. The van der Waals surface area contributed by atoms with Crippen LogP contribution in [-0.2, 0) is 10.8 Å². The van der Waals surface area contributed by atoms with E-state index in [1.807, 2.05) is 138 Å². The van der Waals surface area contributed by atoms with E-state index in [-0.39, 0.29) is 10.8 Å². The van der Waals surface area contributed by atoms with E-state index in [4.69, 9.17) is 43.7 Å². The first kappa shape index (κ1) is 72.2. The van der Waals surface area contributed by atoms with Crippen LogP contribution in [0.25, 0.3) is 219 Å². The number of para-hydroxylation sites is 2. The van der Waals surface area contributed by atoms with Crippen molar-refractivity contribution in [3.63, 3.8) is 0 Å². The second-order valence-electron chi connectivity index (χ2n) is 32.5. The molecule has 0 fully saturated rings. The molecule has 0 spiro atoms. The lowest BCUT2D eigenvalue weighted by molar-refractivity contribution is 0.653. The third-order valence-electron chi connectivity index (χ3n) is 24.6. The maximum atomic E-state index is 6.78. The van der Waals surface area contributed by atoms with E-state index in [1.54, 1.807) is 0 Å². The van der Waals surface area contributed by atoms with Gasteiger partial charge in [-0.2, -0.15) is 0 Å². The summed E-state index contributed by atoms with van der Waals surface area (Å²) in [5.41, 5.74) is 26.6. The highest BCUT2D eigenvalue weighted by Gasteiger charge is 2.40. The number of hydrogen-bond acceptors (Lipinski definition) is 11. The smallest absolute Gasteiger partial charge is 0.165 e. The lowest BCUT2D eigenvalue weighted by atomic mass is 9.82. The Morgan fingerprint density at radius 3 is 1.43 bits per heavy atom. The van der Waals surface area contributed by atoms with Crippen LogP contribution in [0.4, 0.5) is 0 Å². The van der Waals surface area contributed by atoms with Crippen LogP contribution in [0, 0.1) is 0 Å². The maximum Gasteiger partial charge on any atom is 0.165 e. The normalized spacial score (nSPS) is 12.9. The largest absolute Gasteiger partial charge is 0.455 e. The molecule has 7 heterocycles. The maximum absolute atomic E-state index is 6.78. The summed E-state index contributed by atoms with van der Waals surface area (Å²) in [6.07, 6.45) is 1.90. The van der Waals surface area contributed by atoms with Gasteiger partial charge in [-0.1, -0.05) is 349 Å². The molecule has 9 nitrogen and oxygen atoms in total. The number of thiophene rings is 2. The van der Waals surface area contributed by atoms with E-state index < -0.39 is 0 Å². The van der Waals surface area contributed by atoms with Crippen molar-refractivity contribution in [3.05, 3.63) is 392 Å². The number of nitrogens with zero attached hydrogens (tertiary/aromatic N) is 7. The highest BCUT2D eigenvalue weighted by molar-refractivity contribution is 7.27. The molecule has 576 valence electrons. The van der Waals surface area contributed by atoms with E-state index in [2.05, 4.69) is 282 Å². The predicted molar refractivity (Wildman–Crippen MR) is 506 cm³/mol. The highest BCUT2D eigenvalue weighted by Crippen LogP contribution is 2.57. The Morgan fingerprint density at radius 1 is 0.254 bits per heavy atom. The molecule has 0 atom stereocenters. The molecule has 122 heavy (non-hydrogen) atoms. The van der Waals surface area contributed by atoms with Crippen LogP contribution in [0.3, 0.4) is 0 Å². The summed E-state index contributed by atoms with van der Waals surface area (Å²) in [6.45, 7) is 9.28. The molecule has 7 aromatic heterocycles. The molecule has 0 amide bonds. The Morgan fingerprint density at radius 2 is 0.738 bits per heavy atom. The molecule has 0 aliphatic heterocycles. The summed E-state index contributed by atoms with van der Waals surface area (Å²) >= 11 is 3.70. The second-order valence-corrected chi connectivity index (χ2v) is 34.5. The fraction of sp³-hybridized carbons (Fsp3) is 0.0541. The minimum Gasteiger partial charge on any atom is -0.455 e. The van der Waals surface area contributed by atoms with E-state index >= 15 is 0 Å². The van der Waals surface area contributed by atoms with Crippen molar-refractivity contribution in [2.24, 2.45) is 0 Å². The summed E-state index contributed by atoms with van der Waals surface area (Å²) < 4.78 is 18.3. The predicted octanol–water partition coefficient (Wildman–Crippen LogP) is 30.1. The third kappa shape index (κ3) is 12.0. The highest BCUT2D eigenvalue weighted by atomic mass is 32.1. The molecule has 0 saturated carbocycles. The van der Waals surface area contributed by atoms with Gasteiger partial charge in [-0.05, 0) is 103 Å². The van der Waals surface area contributed by atoms with Gasteiger partial charge in [0.15, 0.2) is 34.9 Å². The summed E-state index contributed by atoms with van der Waals surface area (Å²) in [5.74, 6) is 4.05. The first-order valence-corrected chi connectivity index (χ1v) is 42.9. The average Bonchev–Trinajstić information content (AvgIpc) is 1.56. The van der Waals surface area contributed by atoms with Crippen LogP contribution in [0.2, 0.25) is 0 Å². The van der Waals surface area contributed by atoms with E-state index in [1.165, 1.54) is 107 Å². The minimum absolute atomic E-state index is 0.0688. The van der Waals surface area contributed by atoms with Gasteiger partial charge in [0.25, 0.3) is 0 Å². The van der Waals surface area contributed by atoms with Crippen molar-refractivity contribution in [1.29, 1.82) is 0 Å². The monoisotopic (exact) mass is 1600 g/mol. The number of fused-ring (bicyclic) bond motifs is 22. The molecule has 23 aromatic rings. The summed E-state index contributed by atoms with van der Waals surface area (Å²) in [5, 5.41) is 11.9. The van der Waals surface area contributed by atoms with Crippen LogP contribution < -0.4 is 0 Å². The molecule has 0 saturated heterocycles. The summed E-state index contributed by atoms with van der Waals surface area (Å²) in [4.78, 5) is 34.5. The fourth-order valence-corrected chi connectivity index (χ4v) is 21.4. The molecule has 0 N–H and O–H groups in total. The van der Waals surface area contributed by atoms with Crippen molar-refractivity contribution >= 4 is 118 Å². The first-order chi connectivity index (χ1) is 60.0. The summed E-state index contributed by atoms with van der Waals surface area (Å²) in [7, 11) is 0. The quantitative estimate of drug-likeness (QED) is 0.139. The van der Waals surface area contributed by atoms with Gasteiger partial charge < -0.3 is 8.83 Å². The minimum atomic E-state index is -0.203. The van der Waals surface area contributed by atoms with Crippen molar-refractivity contribution < 1.29 is 8.83 Å². The Bertz CT molecular complexity index is 8020. The molecular formula is C111H73N7O2S2. The third-order valence-corrected chi connectivity index (χ3v) is 27.1. The fourth-order valence-electron chi connectivity index (χ4n) is 18.7. The zero-order valence-electron chi connectivity index (χ0n) is 67.0. The Hall–Kier alpha value is -15.0. The number of aromatic nitrogens is 7. The van der Waals surface area contributed by atoms with Gasteiger partial charge in [-0.25, -0.2) is 29.9 Å². The molecule has 25 rings (SSSR count). The van der Waals surface area contributed by atoms with Crippen LogP contribution in [0.15, 0.2) is 379 Å². The van der Waals surface area contributed by atoms with Gasteiger partial charge >= 0.3 is 0 Å². The SMILES string of the molecule is CC1(C)c2cc(-c3nc(-c4ccccc4)nc(-c4ccccc4)n3)ccc2-c2c1ccc1c2oc2ccccc21.CC1(C)c2ccccc2-c2ccc3c(sc4c(-c5nc(-c6ccccc6)nc(-c6ccccc6)n5)cccc43)c21.c1ccc(-c2cccc3c2oc2c3ccc3sc4c(-c5cccc(-c6nccc7ccccc67)c5)cccc4c32)cc1. The molecule has 0 bridgehead atoms. The van der Waals surface area contributed by atoms with Crippen molar-refractivity contribution in [1.82, 2.24) is 34.9 Å². The van der Waals surface area contributed by atoms with Crippen LogP contribution in [0.1, 0.15) is 49.9 Å². The van der Waals surface area contributed by atoms with Gasteiger partial charge in [0.2, 0.25) is 0 Å². The first-order valence-electron chi connectivity index (χ1n) is 41.2. The number of furan rings is 2. The molecule has 11 heteroatoms.